The highest BCUT2D eigenvalue weighted by atomic mass is 16.5. The van der Waals surface area contributed by atoms with E-state index in [1.165, 1.54) is 33.4 Å². The van der Waals surface area contributed by atoms with Crippen molar-refractivity contribution in [2.75, 3.05) is 53.9 Å². The van der Waals surface area contributed by atoms with E-state index in [1.807, 2.05) is 13.8 Å². The van der Waals surface area contributed by atoms with Crippen LogP contribution >= 0.6 is 0 Å². The fraction of sp³-hybridized carbons (Fsp3) is 0.586. The van der Waals surface area contributed by atoms with E-state index in [2.05, 4.69) is 50.2 Å². The summed E-state index contributed by atoms with van der Waals surface area (Å²) in [5.74, 6) is 0. The third-order valence-electron chi connectivity index (χ3n) is 6.32. The molecular weight excluding hydrogens is 412 g/mol. The number of hydrogen-bond acceptors (Lipinski definition) is 4. The van der Waals surface area contributed by atoms with Gasteiger partial charge in [0.1, 0.15) is 0 Å². The molecule has 3 rings (SSSR count). The van der Waals surface area contributed by atoms with Gasteiger partial charge >= 0.3 is 0 Å². The molecule has 0 amide bonds. The maximum absolute atomic E-state index is 5.81. The summed E-state index contributed by atoms with van der Waals surface area (Å²) in [6.45, 7) is 12.5. The fourth-order valence-corrected chi connectivity index (χ4v) is 4.83. The van der Waals surface area contributed by atoms with E-state index in [4.69, 9.17) is 18.9 Å². The second-order valence-electron chi connectivity index (χ2n) is 8.60. The minimum Gasteiger partial charge on any atom is -0.382 e. The SMILES string of the molecule is CC.COCCOCCCC1(CCCOCCOC)c2cc(C)ccc2-c2ccc(C)cc21. The van der Waals surface area contributed by atoms with Gasteiger partial charge in [-0.15, -0.1) is 0 Å². The van der Waals surface area contributed by atoms with Crippen LogP contribution in [0.5, 0.6) is 0 Å². The van der Waals surface area contributed by atoms with E-state index >= 15 is 0 Å². The Morgan fingerprint density at radius 2 is 1.03 bits per heavy atom. The highest BCUT2D eigenvalue weighted by Crippen LogP contribution is 2.54. The number of hydrogen-bond donors (Lipinski definition) is 0. The van der Waals surface area contributed by atoms with Crippen molar-refractivity contribution in [2.45, 2.75) is 58.8 Å². The lowest BCUT2D eigenvalue weighted by atomic mass is 9.71. The molecule has 4 heteroatoms. The lowest BCUT2D eigenvalue weighted by molar-refractivity contribution is 0.0629. The molecule has 2 aromatic carbocycles. The number of ether oxygens (including phenoxy) is 4. The molecule has 1 aliphatic carbocycles. The van der Waals surface area contributed by atoms with E-state index in [-0.39, 0.29) is 5.41 Å². The van der Waals surface area contributed by atoms with E-state index in [0.717, 1.165) is 38.9 Å². The number of fused-ring (bicyclic) bond motifs is 3. The number of aryl methyl sites for hydroxylation is 2. The standard InChI is InChI=1S/C27H38O4.C2H6/c1-21-7-9-23-24-10-8-22(2)20-26(24)27(25(23)19-21,11-5-13-30-17-15-28-3)12-6-14-31-18-16-29-4;1-2/h7-10,19-20H,5-6,11-18H2,1-4H3;1-2H3. The fourth-order valence-electron chi connectivity index (χ4n) is 4.83. The first-order valence-corrected chi connectivity index (χ1v) is 12.5. The van der Waals surface area contributed by atoms with Gasteiger partial charge < -0.3 is 18.9 Å². The lowest BCUT2D eigenvalue weighted by Crippen LogP contribution is -2.27. The van der Waals surface area contributed by atoms with Crippen LogP contribution in [0.1, 0.15) is 61.8 Å². The third-order valence-corrected chi connectivity index (χ3v) is 6.32. The smallest absolute Gasteiger partial charge is 0.0700 e. The predicted octanol–water partition coefficient (Wildman–Crippen LogP) is 6.48. The number of benzene rings is 2. The molecule has 2 aromatic rings. The van der Waals surface area contributed by atoms with Gasteiger partial charge in [-0.3, -0.25) is 0 Å². The van der Waals surface area contributed by atoms with Crippen molar-refractivity contribution in [3.05, 3.63) is 58.7 Å². The van der Waals surface area contributed by atoms with Crippen LogP contribution in [-0.4, -0.2) is 53.9 Å². The van der Waals surface area contributed by atoms with E-state index < -0.39 is 0 Å². The molecule has 0 fully saturated rings. The van der Waals surface area contributed by atoms with Crippen LogP contribution in [0.2, 0.25) is 0 Å². The van der Waals surface area contributed by atoms with Gasteiger partial charge in [0, 0.05) is 32.8 Å². The Labute approximate surface area is 201 Å². The predicted molar refractivity (Wildman–Crippen MR) is 137 cm³/mol. The van der Waals surface area contributed by atoms with Crippen molar-refractivity contribution in [1.29, 1.82) is 0 Å². The third kappa shape index (κ3) is 7.13. The average molecular weight is 457 g/mol. The summed E-state index contributed by atoms with van der Waals surface area (Å²) in [6.07, 6.45) is 4.19. The maximum Gasteiger partial charge on any atom is 0.0700 e. The molecule has 33 heavy (non-hydrogen) atoms. The molecule has 0 aliphatic heterocycles. The Balaban J connectivity index is 0.00000187. The minimum atomic E-state index is 0.0118. The summed E-state index contributed by atoms with van der Waals surface area (Å²) >= 11 is 0. The Bertz CT molecular complexity index is 761. The van der Waals surface area contributed by atoms with Crippen LogP contribution in [0, 0.1) is 13.8 Å². The summed E-state index contributed by atoms with van der Waals surface area (Å²) in [5, 5.41) is 0. The zero-order valence-corrected chi connectivity index (χ0v) is 21.7. The second kappa shape index (κ2) is 14.5. The van der Waals surface area contributed by atoms with Crippen molar-refractivity contribution in [3.8, 4) is 11.1 Å². The topological polar surface area (TPSA) is 36.9 Å². The summed E-state index contributed by atoms with van der Waals surface area (Å²) in [7, 11) is 3.42. The molecule has 0 saturated heterocycles. The number of rotatable bonds is 14. The maximum atomic E-state index is 5.81. The Morgan fingerprint density at radius 1 is 0.606 bits per heavy atom. The van der Waals surface area contributed by atoms with E-state index in [0.29, 0.717) is 26.4 Å². The molecule has 0 unspecified atom stereocenters. The Hall–Kier alpha value is -1.72. The number of methoxy groups -OCH3 is 2. The quantitative estimate of drug-likeness (QED) is 0.305. The van der Waals surface area contributed by atoms with Gasteiger partial charge in [-0.2, -0.15) is 0 Å². The summed E-state index contributed by atoms with van der Waals surface area (Å²) in [6, 6.07) is 13.9. The molecule has 0 spiro atoms. The molecule has 0 aromatic heterocycles. The van der Waals surface area contributed by atoms with Gasteiger partial charge in [-0.1, -0.05) is 61.4 Å². The minimum absolute atomic E-state index is 0.0118. The van der Waals surface area contributed by atoms with Crippen LogP contribution in [0.4, 0.5) is 0 Å². The van der Waals surface area contributed by atoms with Crippen molar-refractivity contribution in [2.24, 2.45) is 0 Å². The zero-order valence-electron chi connectivity index (χ0n) is 21.7. The molecule has 1 aliphatic rings. The van der Waals surface area contributed by atoms with Crippen LogP contribution in [0.3, 0.4) is 0 Å². The molecule has 0 saturated carbocycles. The van der Waals surface area contributed by atoms with Gasteiger partial charge in [-0.25, -0.2) is 0 Å². The van der Waals surface area contributed by atoms with Crippen LogP contribution in [0.25, 0.3) is 11.1 Å². The highest BCUT2D eigenvalue weighted by Gasteiger charge is 2.42. The molecule has 0 N–H and O–H groups in total. The Kier molecular flexibility index (Phi) is 12.1. The van der Waals surface area contributed by atoms with Gasteiger partial charge in [0.05, 0.1) is 26.4 Å². The van der Waals surface area contributed by atoms with Crippen molar-refractivity contribution in [1.82, 2.24) is 0 Å². The first kappa shape index (κ1) is 27.5. The zero-order chi connectivity index (χ0) is 24.1. The monoisotopic (exact) mass is 456 g/mol. The highest BCUT2D eigenvalue weighted by molar-refractivity contribution is 5.81. The van der Waals surface area contributed by atoms with Gasteiger partial charge in [0.25, 0.3) is 0 Å². The first-order valence-electron chi connectivity index (χ1n) is 12.5. The lowest BCUT2D eigenvalue weighted by Gasteiger charge is -2.33. The van der Waals surface area contributed by atoms with Gasteiger partial charge in [0.2, 0.25) is 0 Å². The molecule has 4 nitrogen and oxygen atoms in total. The summed E-state index contributed by atoms with van der Waals surface area (Å²) in [4.78, 5) is 0. The summed E-state index contributed by atoms with van der Waals surface area (Å²) < 4.78 is 21.8. The molecule has 184 valence electrons. The first-order chi connectivity index (χ1) is 16.1. The second-order valence-corrected chi connectivity index (χ2v) is 8.60. The van der Waals surface area contributed by atoms with E-state index in [1.54, 1.807) is 14.2 Å². The Morgan fingerprint density at radius 3 is 1.42 bits per heavy atom. The van der Waals surface area contributed by atoms with Gasteiger partial charge in [-0.05, 0) is 61.8 Å². The van der Waals surface area contributed by atoms with Crippen molar-refractivity contribution >= 4 is 0 Å². The van der Waals surface area contributed by atoms with Crippen LogP contribution < -0.4 is 0 Å². The normalized spacial score (nSPS) is 13.3. The molecule has 0 radical (unpaired) electrons. The van der Waals surface area contributed by atoms with Crippen molar-refractivity contribution < 1.29 is 18.9 Å². The molecule has 0 heterocycles. The summed E-state index contributed by atoms with van der Waals surface area (Å²) in [5.41, 5.74) is 8.38. The largest absolute Gasteiger partial charge is 0.382 e. The molecular formula is C29H44O4. The van der Waals surface area contributed by atoms with Gasteiger partial charge in [0.15, 0.2) is 0 Å². The molecule has 0 atom stereocenters. The van der Waals surface area contributed by atoms with Crippen LogP contribution in [0.15, 0.2) is 36.4 Å². The van der Waals surface area contributed by atoms with Crippen molar-refractivity contribution in [3.63, 3.8) is 0 Å². The van der Waals surface area contributed by atoms with E-state index in [9.17, 15) is 0 Å². The average Bonchev–Trinajstić information content (AvgIpc) is 3.08. The molecule has 0 bridgehead atoms. The van der Waals surface area contributed by atoms with Crippen LogP contribution in [-0.2, 0) is 24.4 Å².